The van der Waals surface area contributed by atoms with Gasteiger partial charge in [0.2, 0.25) is 5.91 Å². The first-order valence-electron chi connectivity index (χ1n) is 5.08. The number of rotatable bonds is 4. The molecule has 0 aromatic heterocycles. The Morgan fingerprint density at radius 3 is 2.06 bits per heavy atom. The minimum Gasteiger partial charge on any atom is -0.481 e. The van der Waals surface area contributed by atoms with Crippen LogP contribution in [-0.2, 0) is 19.8 Å². The van der Waals surface area contributed by atoms with Crippen LogP contribution < -0.4 is 5.14 Å². The minimum atomic E-state index is -3.70. The lowest BCUT2D eigenvalue weighted by atomic mass is 10.2. The first-order chi connectivity index (χ1) is 7.80. The summed E-state index contributed by atoms with van der Waals surface area (Å²) in [5.41, 5.74) is 0. The maximum absolute atomic E-state index is 11.5. The molecule has 0 aromatic carbocycles. The molecule has 1 heterocycles. The lowest BCUT2D eigenvalue weighted by molar-refractivity contribution is -0.141. The molecule has 0 atom stereocenters. The summed E-state index contributed by atoms with van der Waals surface area (Å²) in [6, 6.07) is 0. The number of carboxylic acid groups (broad SMARTS) is 1. The summed E-state index contributed by atoms with van der Waals surface area (Å²) in [5, 5.41) is 13.4. The Labute approximate surface area is 99.2 Å². The molecular formula is C8H15N3O5S. The summed E-state index contributed by atoms with van der Waals surface area (Å²) in [6.07, 6.45) is -0.279. The molecule has 1 saturated heterocycles. The van der Waals surface area contributed by atoms with Crippen LogP contribution in [0.25, 0.3) is 0 Å². The minimum absolute atomic E-state index is 0.0648. The zero-order valence-corrected chi connectivity index (χ0v) is 10.0. The number of carbonyl (C=O) groups excluding carboxylic acids is 1. The van der Waals surface area contributed by atoms with Gasteiger partial charge in [0.05, 0.1) is 6.42 Å². The molecule has 0 radical (unpaired) electrons. The molecule has 17 heavy (non-hydrogen) atoms. The molecule has 8 nitrogen and oxygen atoms in total. The quantitative estimate of drug-likeness (QED) is 0.621. The molecule has 1 amide bonds. The van der Waals surface area contributed by atoms with Crippen LogP contribution in [0.2, 0.25) is 0 Å². The number of nitrogens with zero attached hydrogens (tertiary/aromatic N) is 2. The van der Waals surface area contributed by atoms with E-state index in [2.05, 4.69) is 0 Å². The van der Waals surface area contributed by atoms with E-state index < -0.39 is 16.2 Å². The SMILES string of the molecule is NS(=O)(=O)N1CCN(C(=O)CCC(=O)O)CC1. The molecule has 1 aliphatic heterocycles. The Balaban J connectivity index is 2.41. The van der Waals surface area contributed by atoms with Crippen LogP contribution in [0.3, 0.4) is 0 Å². The normalized spacial score (nSPS) is 18.1. The molecule has 0 saturated carbocycles. The number of carbonyl (C=O) groups is 2. The maximum Gasteiger partial charge on any atom is 0.303 e. The number of nitrogens with two attached hydrogens (primary N) is 1. The van der Waals surface area contributed by atoms with Crippen LogP contribution in [0.5, 0.6) is 0 Å². The van der Waals surface area contributed by atoms with Crippen LogP contribution in [0.4, 0.5) is 0 Å². The monoisotopic (exact) mass is 265 g/mol. The number of carboxylic acids is 1. The van der Waals surface area contributed by atoms with E-state index in [1.807, 2.05) is 0 Å². The average Bonchev–Trinajstić information content (AvgIpc) is 2.25. The Bertz CT molecular complexity index is 399. The van der Waals surface area contributed by atoms with Crippen molar-refractivity contribution >= 4 is 22.1 Å². The first-order valence-corrected chi connectivity index (χ1v) is 6.58. The number of aliphatic carboxylic acids is 1. The van der Waals surface area contributed by atoms with Crippen molar-refractivity contribution < 1.29 is 23.1 Å². The van der Waals surface area contributed by atoms with E-state index >= 15 is 0 Å². The molecule has 0 spiro atoms. The van der Waals surface area contributed by atoms with E-state index in [4.69, 9.17) is 10.2 Å². The van der Waals surface area contributed by atoms with Crippen LogP contribution in [0.1, 0.15) is 12.8 Å². The van der Waals surface area contributed by atoms with Crippen molar-refractivity contribution in [3.63, 3.8) is 0 Å². The van der Waals surface area contributed by atoms with Gasteiger partial charge in [0.15, 0.2) is 0 Å². The van der Waals surface area contributed by atoms with Gasteiger partial charge in [0.25, 0.3) is 10.2 Å². The van der Waals surface area contributed by atoms with E-state index in [0.29, 0.717) is 0 Å². The number of hydrogen-bond donors (Lipinski definition) is 2. The van der Waals surface area contributed by atoms with Gasteiger partial charge in [-0.2, -0.15) is 12.7 Å². The molecule has 1 rings (SSSR count). The van der Waals surface area contributed by atoms with E-state index in [0.717, 1.165) is 4.31 Å². The predicted octanol–water partition coefficient (Wildman–Crippen LogP) is -1.80. The smallest absolute Gasteiger partial charge is 0.303 e. The lowest BCUT2D eigenvalue weighted by Crippen LogP contribution is -2.52. The van der Waals surface area contributed by atoms with Crippen molar-refractivity contribution in [3.8, 4) is 0 Å². The predicted molar refractivity (Wildman–Crippen MR) is 58.1 cm³/mol. The highest BCUT2D eigenvalue weighted by molar-refractivity contribution is 7.86. The van der Waals surface area contributed by atoms with Crippen LogP contribution >= 0.6 is 0 Å². The zero-order chi connectivity index (χ0) is 13.1. The van der Waals surface area contributed by atoms with Gasteiger partial charge >= 0.3 is 5.97 Å². The van der Waals surface area contributed by atoms with E-state index in [9.17, 15) is 18.0 Å². The molecule has 0 aliphatic carbocycles. The van der Waals surface area contributed by atoms with E-state index in [-0.39, 0.29) is 44.9 Å². The van der Waals surface area contributed by atoms with Crippen LogP contribution in [-0.4, -0.2) is 60.8 Å². The summed E-state index contributed by atoms with van der Waals surface area (Å²) < 4.78 is 23.1. The van der Waals surface area contributed by atoms with Gasteiger partial charge < -0.3 is 10.0 Å². The van der Waals surface area contributed by atoms with Gasteiger partial charge in [-0.15, -0.1) is 0 Å². The summed E-state index contributed by atoms with van der Waals surface area (Å²) in [7, 11) is -3.70. The molecular weight excluding hydrogens is 250 g/mol. The second-order valence-corrected chi connectivity index (χ2v) is 5.26. The molecule has 1 fully saturated rings. The highest BCUT2D eigenvalue weighted by Crippen LogP contribution is 2.07. The number of amides is 1. The van der Waals surface area contributed by atoms with Gasteiger partial charge in [-0.3, -0.25) is 9.59 Å². The molecule has 0 unspecified atom stereocenters. The van der Waals surface area contributed by atoms with Crippen molar-refractivity contribution in [1.29, 1.82) is 0 Å². The van der Waals surface area contributed by atoms with Gasteiger partial charge in [-0.25, -0.2) is 5.14 Å². The second-order valence-electron chi connectivity index (χ2n) is 3.72. The lowest BCUT2D eigenvalue weighted by Gasteiger charge is -2.32. The number of hydrogen-bond acceptors (Lipinski definition) is 4. The van der Waals surface area contributed by atoms with Gasteiger partial charge in [-0.1, -0.05) is 0 Å². The molecule has 1 aliphatic rings. The fraction of sp³-hybridized carbons (Fsp3) is 0.750. The fourth-order valence-electron chi connectivity index (χ4n) is 1.56. The molecule has 0 aromatic rings. The zero-order valence-electron chi connectivity index (χ0n) is 9.20. The Morgan fingerprint density at radius 2 is 1.65 bits per heavy atom. The topological polar surface area (TPSA) is 121 Å². The van der Waals surface area contributed by atoms with Crippen molar-refractivity contribution in [3.05, 3.63) is 0 Å². The van der Waals surface area contributed by atoms with Crippen molar-refractivity contribution in [1.82, 2.24) is 9.21 Å². The highest BCUT2D eigenvalue weighted by Gasteiger charge is 2.26. The summed E-state index contributed by atoms with van der Waals surface area (Å²) in [6.45, 7) is 0.791. The second kappa shape index (κ2) is 5.43. The van der Waals surface area contributed by atoms with Crippen molar-refractivity contribution in [2.75, 3.05) is 26.2 Å². The molecule has 0 bridgehead atoms. The van der Waals surface area contributed by atoms with Crippen molar-refractivity contribution in [2.45, 2.75) is 12.8 Å². The number of piperazine rings is 1. The largest absolute Gasteiger partial charge is 0.481 e. The van der Waals surface area contributed by atoms with E-state index in [1.54, 1.807) is 0 Å². The van der Waals surface area contributed by atoms with Gasteiger partial charge in [0, 0.05) is 32.6 Å². The average molecular weight is 265 g/mol. The molecule has 3 N–H and O–H groups in total. The first kappa shape index (κ1) is 13.9. The van der Waals surface area contributed by atoms with Crippen LogP contribution in [0, 0.1) is 0 Å². The maximum atomic E-state index is 11.5. The third kappa shape index (κ3) is 4.29. The summed E-state index contributed by atoms with van der Waals surface area (Å²) >= 11 is 0. The van der Waals surface area contributed by atoms with Crippen molar-refractivity contribution in [2.24, 2.45) is 5.14 Å². The third-order valence-electron chi connectivity index (χ3n) is 2.50. The fourth-order valence-corrected chi connectivity index (χ4v) is 2.24. The molecule has 9 heteroatoms. The Hall–Kier alpha value is -1.19. The third-order valence-corrected chi connectivity index (χ3v) is 3.59. The summed E-state index contributed by atoms with van der Waals surface area (Å²) in [4.78, 5) is 23.3. The Morgan fingerprint density at radius 1 is 1.12 bits per heavy atom. The standard InChI is InChI=1S/C8H15N3O5S/c9-17(15,16)11-5-3-10(4-6-11)7(12)1-2-8(13)14/h1-6H2,(H,13,14)(H2,9,15,16). The van der Waals surface area contributed by atoms with Gasteiger partial charge in [0.1, 0.15) is 0 Å². The molecule has 98 valence electrons. The summed E-state index contributed by atoms with van der Waals surface area (Å²) in [5.74, 6) is -1.30. The highest BCUT2D eigenvalue weighted by atomic mass is 32.2. The Kier molecular flexibility index (Phi) is 4.43. The van der Waals surface area contributed by atoms with Crippen LogP contribution in [0.15, 0.2) is 0 Å². The van der Waals surface area contributed by atoms with Gasteiger partial charge in [-0.05, 0) is 0 Å². The van der Waals surface area contributed by atoms with E-state index in [1.165, 1.54) is 4.90 Å².